The van der Waals surface area contributed by atoms with Gasteiger partial charge in [-0.2, -0.15) is 0 Å². The monoisotopic (exact) mass is 691 g/mol. The van der Waals surface area contributed by atoms with Gasteiger partial charge in [0.2, 0.25) is 0 Å². The molecule has 0 bridgehead atoms. The fourth-order valence-electron chi connectivity index (χ4n) is 6.89. The molecule has 4 heteroatoms. The van der Waals surface area contributed by atoms with Crippen LogP contribution in [0.4, 0.5) is 0 Å². The minimum Gasteiger partial charge on any atom is -0.496 e. The summed E-state index contributed by atoms with van der Waals surface area (Å²) in [6.07, 6.45) is 34.8. The molecule has 0 heterocycles. The number of hydrogen-bond donors (Lipinski definition) is 1. The van der Waals surface area contributed by atoms with Crippen molar-refractivity contribution in [2.75, 3.05) is 39.5 Å². The minimum atomic E-state index is 0.415. The van der Waals surface area contributed by atoms with Gasteiger partial charge in [-0.25, -0.2) is 0 Å². The van der Waals surface area contributed by atoms with Crippen molar-refractivity contribution in [3.8, 4) is 0 Å². The Kier molecular flexibility index (Phi) is 36.0. The molecule has 0 spiro atoms. The molecular weight excluding hydrogens is 601 g/mol. The largest absolute Gasteiger partial charge is 0.496 e. The number of nitrogens with one attached hydrogen (secondary N) is 1. The molecule has 0 aliphatic rings. The maximum absolute atomic E-state index is 6.46. The fraction of sp³-hybridized carbons (Fsp3) is 0.911. The number of ether oxygens (including phenoxy) is 2. The van der Waals surface area contributed by atoms with Gasteiger partial charge in [-0.05, 0) is 45.1 Å². The summed E-state index contributed by atoms with van der Waals surface area (Å²) in [7, 11) is 0. The standard InChI is InChI=1S/C45H90N2O2/c1-9-13-16-19-22-25-28-31-41(5)44(8)49-38-36-47(43(7)39-42(6)46-34-12-4)35-37-48-40-45(32-29-26-23-20-17-14-10-2)33-30-27-24-21-18-15-11-3/h41-42,45-46H,7-40H2,1-6H3. The van der Waals surface area contributed by atoms with Crippen LogP contribution in [-0.2, 0) is 9.47 Å². The highest BCUT2D eigenvalue weighted by molar-refractivity contribution is 4.97. The van der Waals surface area contributed by atoms with Crippen LogP contribution in [-0.4, -0.2) is 50.4 Å². The first kappa shape index (κ1) is 48.0. The second-order valence-corrected chi connectivity index (χ2v) is 15.5. The molecule has 0 radical (unpaired) electrons. The summed E-state index contributed by atoms with van der Waals surface area (Å²) in [5, 5.41) is 3.64. The van der Waals surface area contributed by atoms with E-state index >= 15 is 0 Å². The van der Waals surface area contributed by atoms with Gasteiger partial charge < -0.3 is 19.7 Å². The molecule has 0 rings (SSSR count). The van der Waals surface area contributed by atoms with Crippen molar-refractivity contribution in [1.29, 1.82) is 0 Å². The van der Waals surface area contributed by atoms with E-state index < -0.39 is 0 Å². The molecule has 0 saturated carbocycles. The Bertz CT molecular complexity index is 692. The molecule has 49 heavy (non-hydrogen) atoms. The van der Waals surface area contributed by atoms with Crippen LogP contribution < -0.4 is 5.32 Å². The molecule has 0 aromatic rings. The van der Waals surface area contributed by atoms with Crippen molar-refractivity contribution in [3.63, 3.8) is 0 Å². The molecular formula is C45H90N2O2. The first-order chi connectivity index (χ1) is 23.9. The Balaban J connectivity index is 4.84. The topological polar surface area (TPSA) is 33.7 Å². The molecule has 0 aliphatic heterocycles. The summed E-state index contributed by atoms with van der Waals surface area (Å²) in [5.74, 6) is 2.06. The predicted octanol–water partition coefficient (Wildman–Crippen LogP) is 13.8. The number of nitrogens with zero attached hydrogens (tertiary/aromatic N) is 1. The number of hydrogen-bond acceptors (Lipinski definition) is 4. The molecule has 0 amide bonds. The van der Waals surface area contributed by atoms with E-state index in [2.05, 4.69) is 64.9 Å². The van der Waals surface area contributed by atoms with E-state index in [4.69, 9.17) is 9.47 Å². The maximum atomic E-state index is 6.46. The Hall–Kier alpha value is -1.00. The highest BCUT2D eigenvalue weighted by Gasteiger charge is 2.15. The molecule has 0 aromatic carbocycles. The van der Waals surface area contributed by atoms with Crippen LogP contribution in [0, 0.1) is 11.8 Å². The van der Waals surface area contributed by atoms with Crippen molar-refractivity contribution in [2.24, 2.45) is 11.8 Å². The first-order valence-corrected chi connectivity index (χ1v) is 21.9. The summed E-state index contributed by atoms with van der Waals surface area (Å²) < 4.78 is 12.7. The zero-order valence-corrected chi connectivity index (χ0v) is 34.5. The summed E-state index contributed by atoms with van der Waals surface area (Å²) >= 11 is 0. The number of unbranched alkanes of at least 4 members (excludes halogenated alkanes) is 18. The smallest absolute Gasteiger partial charge is 0.105 e. The first-order valence-electron chi connectivity index (χ1n) is 21.9. The Morgan fingerprint density at radius 3 is 1.51 bits per heavy atom. The van der Waals surface area contributed by atoms with E-state index in [1.54, 1.807) is 0 Å². The highest BCUT2D eigenvalue weighted by atomic mass is 16.5. The summed E-state index contributed by atoms with van der Waals surface area (Å²) in [5.41, 5.74) is 1.19. The van der Waals surface area contributed by atoms with Crippen molar-refractivity contribution < 1.29 is 9.47 Å². The van der Waals surface area contributed by atoms with Gasteiger partial charge in [-0.1, -0.05) is 183 Å². The Labute approximate surface area is 309 Å². The Morgan fingerprint density at radius 2 is 1.02 bits per heavy atom. The average molecular weight is 691 g/mol. The van der Waals surface area contributed by atoms with Crippen LogP contribution in [0.3, 0.4) is 0 Å². The van der Waals surface area contributed by atoms with Gasteiger partial charge in [-0.15, -0.1) is 0 Å². The number of rotatable bonds is 40. The van der Waals surface area contributed by atoms with E-state index in [9.17, 15) is 0 Å². The van der Waals surface area contributed by atoms with Crippen molar-refractivity contribution >= 4 is 0 Å². The van der Waals surface area contributed by atoms with Crippen LogP contribution in [0.25, 0.3) is 0 Å². The lowest BCUT2D eigenvalue weighted by molar-refractivity contribution is 0.0701. The fourth-order valence-corrected chi connectivity index (χ4v) is 6.89. The van der Waals surface area contributed by atoms with Crippen LogP contribution in [0.15, 0.2) is 24.6 Å². The highest BCUT2D eigenvalue weighted by Crippen LogP contribution is 2.22. The van der Waals surface area contributed by atoms with Gasteiger partial charge in [0.25, 0.3) is 0 Å². The van der Waals surface area contributed by atoms with Crippen LogP contribution in [0.2, 0.25) is 0 Å². The molecule has 2 unspecified atom stereocenters. The molecule has 0 saturated heterocycles. The number of allylic oxidation sites excluding steroid dienone is 1. The maximum Gasteiger partial charge on any atom is 0.105 e. The van der Waals surface area contributed by atoms with E-state index in [-0.39, 0.29) is 0 Å². The summed E-state index contributed by atoms with van der Waals surface area (Å²) in [4.78, 5) is 2.42. The van der Waals surface area contributed by atoms with Gasteiger partial charge >= 0.3 is 0 Å². The summed E-state index contributed by atoms with van der Waals surface area (Å²) in [6.45, 7) is 27.6. The quantitative estimate of drug-likeness (QED) is 0.0512. The molecule has 2 atom stereocenters. The molecule has 0 aliphatic carbocycles. The zero-order chi connectivity index (χ0) is 36.2. The van der Waals surface area contributed by atoms with Gasteiger partial charge in [0, 0.05) is 37.2 Å². The molecule has 0 fully saturated rings. The normalized spacial score (nSPS) is 12.8. The molecule has 4 nitrogen and oxygen atoms in total. The lowest BCUT2D eigenvalue weighted by atomic mass is 9.94. The van der Waals surface area contributed by atoms with E-state index in [1.165, 1.54) is 160 Å². The van der Waals surface area contributed by atoms with E-state index in [0.717, 1.165) is 51.4 Å². The van der Waals surface area contributed by atoms with Crippen molar-refractivity contribution in [3.05, 3.63) is 24.6 Å². The van der Waals surface area contributed by atoms with Crippen molar-refractivity contribution in [1.82, 2.24) is 10.2 Å². The predicted molar refractivity (Wildman–Crippen MR) is 219 cm³/mol. The van der Waals surface area contributed by atoms with E-state index in [0.29, 0.717) is 24.5 Å². The third-order valence-electron chi connectivity index (χ3n) is 10.5. The lowest BCUT2D eigenvalue weighted by Gasteiger charge is -2.29. The summed E-state index contributed by atoms with van der Waals surface area (Å²) in [6, 6.07) is 0.419. The van der Waals surface area contributed by atoms with Crippen LogP contribution in [0.5, 0.6) is 0 Å². The SMILES string of the molecule is C=C(OCCN(CCOCC(CCCCCCCCC)CCCCCCCCC)C(=C)CC(C)NCCC)C(C)CCCCCCCCC. The van der Waals surface area contributed by atoms with Gasteiger partial charge in [0.05, 0.1) is 18.9 Å². The molecule has 292 valence electrons. The second-order valence-electron chi connectivity index (χ2n) is 15.5. The average Bonchev–Trinajstić information content (AvgIpc) is 3.09. The minimum absolute atomic E-state index is 0.415. The Morgan fingerprint density at radius 1 is 0.571 bits per heavy atom. The van der Waals surface area contributed by atoms with E-state index in [1.807, 2.05) is 0 Å². The van der Waals surface area contributed by atoms with Crippen LogP contribution >= 0.6 is 0 Å². The van der Waals surface area contributed by atoms with Crippen LogP contribution in [0.1, 0.15) is 208 Å². The molecule has 1 N–H and O–H groups in total. The molecule has 0 aromatic heterocycles. The zero-order valence-electron chi connectivity index (χ0n) is 34.5. The van der Waals surface area contributed by atoms with Crippen molar-refractivity contribution in [2.45, 2.75) is 215 Å². The van der Waals surface area contributed by atoms with Gasteiger partial charge in [-0.3, -0.25) is 0 Å². The third-order valence-corrected chi connectivity index (χ3v) is 10.5. The van der Waals surface area contributed by atoms with Gasteiger partial charge in [0.1, 0.15) is 6.61 Å². The van der Waals surface area contributed by atoms with Gasteiger partial charge in [0.15, 0.2) is 0 Å². The lowest BCUT2D eigenvalue weighted by Crippen LogP contribution is -2.35. The third kappa shape index (κ3) is 31.5. The second kappa shape index (κ2) is 36.8.